The number of aryl methyl sites for hydroxylation is 1. The molecule has 0 bridgehead atoms. The molecular formula is C22H21ClN2O4. The van der Waals surface area contributed by atoms with E-state index in [4.69, 9.17) is 21.1 Å². The predicted octanol–water partition coefficient (Wildman–Crippen LogP) is 4.85. The minimum atomic E-state index is -0.683. The molecule has 0 amide bonds. The third-order valence-corrected chi connectivity index (χ3v) is 4.45. The molecule has 0 radical (unpaired) electrons. The van der Waals surface area contributed by atoms with Gasteiger partial charge in [0.15, 0.2) is 5.69 Å². The molecule has 0 saturated heterocycles. The molecule has 1 heterocycles. The van der Waals surface area contributed by atoms with Gasteiger partial charge >= 0.3 is 11.9 Å². The molecule has 0 spiro atoms. The quantitative estimate of drug-likeness (QED) is 0.541. The Kier molecular flexibility index (Phi) is 6.34. The van der Waals surface area contributed by atoms with Crippen LogP contribution in [0.15, 0.2) is 48.5 Å². The number of halogens is 1. The molecular weight excluding hydrogens is 392 g/mol. The molecule has 0 saturated carbocycles. The molecule has 150 valence electrons. The van der Waals surface area contributed by atoms with Crippen LogP contribution in [-0.2, 0) is 9.47 Å². The molecule has 2 aromatic carbocycles. The summed E-state index contributed by atoms with van der Waals surface area (Å²) < 4.78 is 11.9. The van der Waals surface area contributed by atoms with Crippen molar-refractivity contribution < 1.29 is 19.1 Å². The van der Waals surface area contributed by atoms with E-state index in [1.54, 1.807) is 42.8 Å². The first kappa shape index (κ1) is 20.6. The molecule has 0 aliphatic heterocycles. The lowest BCUT2D eigenvalue weighted by Gasteiger charge is -2.10. The van der Waals surface area contributed by atoms with Gasteiger partial charge in [0.05, 0.1) is 24.6 Å². The van der Waals surface area contributed by atoms with Crippen molar-refractivity contribution in [3.05, 3.63) is 70.4 Å². The average molecular weight is 413 g/mol. The van der Waals surface area contributed by atoms with Gasteiger partial charge in [-0.25, -0.2) is 14.3 Å². The van der Waals surface area contributed by atoms with E-state index in [9.17, 15) is 9.59 Å². The highest BCUT2D eigenvalue weighted by molar-refractivity contribution is 6.30. The Morgan fingerprint density at radius 2 is 1.66 bits per heavy atom. The van der Waals surface area contributed by atoms with Gasteiger partial charge in [0.1, 0.15) is 5.56 Å². The second kappa shape index (κ2) is 8.92. The minimum absolute atomic E-state index is 0.0640. The summed E-state index contributed by atoms with van der Waals surface area (Å²) in [6.45, 7) is 5.67. The smallest absolute Gasteiger partial charge is 0.359 e. The molecule has 29 heavy (non-hydrogen) atoms. The third kappa shape index (κ3) is 4.32. The Hall–Kier alpha value is -3.12. The lowest BCUT2D eigenvalue weighted by molar-refractivity contribution is 0.0476. The van der Waals surface area contributed by atoms with Crippen molar-refractivity contribution in [3.63, 3.8) is 0 Å². The maximum atomic E-state index is 12.8. The Labute approximate surface area is 174 Å². The van der Waals surface area contributed by atoms with Gasteiger partial charge in [-0.3, -0.25) is 0 Å². The fourth-order valence-electron chi connectivity index (χ4n) is 2.98. The average Bonchev–Trinajstić information content (AvgIpc) is 3.10. The van der Waals surface area contributed by atoms with Crippen molar-refractivity contribution in [2.75, 3.05) is 13.2 Å². The number of aromatic nitrogens is 2. The van der Waals surface area contributed by atoms with Gasteiger partial charge in [0.2, 0.25) is 0 Å². The zero-order chi connectivity index (χ0) is 21.0. The van der Waals surface area contributed by atoms with Crippen LogP contribution in [0.25, 0.3) is 16.9 Å². The van der Waals surface area contributed by atoms with Crippen LogP contribution in [0.4, 0.5) is 0 Å². The van der Waals surface area contributed by atoms with Crippen molar-refractivity contribution in [3.8, 4) is 16.9 Å². The minimum Gasteiger partial charge on any atom is -0.462 e. The SMILES string of the molecule is CCOC(=O)c1nn(-c2cccc(C)c2)c(-c2ccc(Cl)cc2)c1C(=O)OCC. The van der Waals surface area contributed by atoms with Crippen LogP contribution in [0.5, 0.6) is 0 Å². The Morgan fingerprint density at radius 3 is 2.28 bits per heavy atom. The molecule has 1 aromatic heterocycles. The number of carbonyl (C=O) groups excluding carboxylic acids is 2. The van der Waals surface area contributed by atoms with Gasteiger partial charge in [0, 0.05) is 10.6 Å². The van der Waals surface area contributed by atoms with E-state index >= 15 is 0 Å². The number of hydrogen-bond donors (Lipinski definition) is 0. The molecule has 0 N–H and O–H groups in total. The van der Waals surface area contributed by atoms with Crippen LogP contribution >= 0.6 is 11.6 Å². The zero-order valence-electron chi connectivity index (χ0n) is 16.4. The predicted molar refractivity (Wildman–Crippen MR) is 111 cm³/mol. The second-order valence-corrected chi connectivity index (χ2v) is 6.71. The molecule has 3 aromatic rings. The topological polar surface area (TPSA) is 70.4 Å². The van der Waals surface area contributed by atoms with Gasteiger partial charge in [-0.15, -0.1) is 0 Å². The van der Waals surface area contributed by atoms with Crippen molar-refractivity contribution in [1.29, 1.82) is 0 Å². The summed E-state index contributed by atoms with van der Waals surface area (Å²) in [6, 6.07) is 14.6. The first-order valence-electron chi connectivity index (χ1n) is 9.26. The van der Waals surface area contributed by atoms with Crippen molar-refractivity contribution >= 4 is 23.5 Å². The fraction of sp³-hybridized carbons (Fsp3) is 0.227. The van der Waals surface area contributed by atoms with Crippen LogP contribution in [-0.4, -0.2) is 34.9 Å². The molecule has 7 heteroatoms. The Bertz CT molecular complexity index is 1040. The molecule has 3 rings (SSSR count). The van der Waals surface area contributed by atoms with Crippen LogP contribution in [0.2, 0.25) is 5.02 Å². The lowest BCUT2D eigenvalue weighted by atomic mass is 10.0. The Morgan fingerprint density at radius 1 is 1.00 bits per heavy atom. The molecule has 0 aliphatic carbocycles. The zero-order valence-corrected chi connectivity index (χ0v) is 17.2. The summed E-state index contributed by atoms with van der Waals surface area (Å²) in [4.78, 5) is 25.4. The fourth-order valence-corrected chi connectivity index (χ4v) is 3.10. The summed E-state index contributed by atoms with van der Waals surface area (Å²) in [5.41, 5.74) is 2.80. The van der Waals surface area contributed by atoms with E-state index in [0.717, 1.165) is 5.56 Å². The van der Waals surface area contributed by atoms with Gasteiger partial charge in [0.25, 0.3) is 0 Å². The van der Waals surface area contributed by atoms with Crippen LogP contribution < -0.4 is 0 Å². The van der Waals surface area contributed by atoms with E-state index in [1.807, 2.05) is 31.2 Å². The van der Waals surface area contributed by atoms with E-state index in [-0.39, 0.29) is 24.5 Å². The lowest BCUT2D eigenvalue weighted by Crippen LogP contribution is -2.13. The van der Waals surface area contributed by atoms with Crippen LogP contribution in [0.3, 0.4) is 0 Å². The van der Waals surface area contributed by atoms with E-state index in [0.29, 0.717) is 22.0 Å². The van der Waals surface area contributed by atoms with Crippen molar-refractivity contribution in [1.82, 2.24) is 9.78 Å². The van der Waals surface area contributed by atoms with Gasteiger partial charge in [-0.05, 0) is 50.6 Å². The first-order chi connectivity index (χ1) is 14.0. The molecule has 0 aliphatic rings. The molecule has 0 atom stereocenters. The molecule has 0 unspecified atom stereocenters. The Balaban J connectivity index is 2.34. The van der Waals surface area contributed by atoms with Gasteiger partial charge in [-0.2, -0.15) is 5.10 Å². The van der Waals surface area contributed by atoms with E-state index < -0.39 is 11.9 Å². The summed E-state index contributed by atoms with van der Waals surface area (Å²) in [6.07, 6.45) is 0. The normalized spacial score (nSPS) is 10.6. The van der Waals surface area contributed by atoms with Crippen LogP contribution in [0, 0.1) is 6.92 Å². The third-order valence-electron chi connectivity index (χ3n) is 4.20. The highest BCUT2D eigenvalue weighted by Crippen LogP contribution is 2.31. The number of nitrogens with zero attached hydrogens (tertiary/aromatic N) is 2. The number of esters is 2. The number of carbonyl (C=O) groups is 2. The molecule has 6 nitrogen and oxygen atoms in total. The first-order valence-corrected chi connectivity index (χ1v) is 9.64. The van der Waals surface area contributed by atoms with Crippen LogP contribution in [0.1, 0.15) is 40.3 Å². The highest BCUT2D eigenvalue weighted by atomic mass is 35.5. The largest absolute Gasteiger partial charge is 0.462 e. The summed E-state index contributed by atoms with van der Waals surface area (Å²) in [5.74, 6) is -1.32. The second-order valence-electron chi connectivity index (χ2n) is 6.27. The van der Waals surface area contributed by atoms with Crippen molar-refractivity contribution in [2.45, 2.75) is 20.8 Å². The summed E-state index contributed by atoms with van der Waals surface area (Å²) in [7, 11) is 0. The highest BCUT2D eigenvalue weighted by Gasteiger charge is 2.31. The van der Waals surface area contributed by atoms with Gasteiger partial charge < -0.3 is 9.47 Å². The molecule has 0 fully saturated rings. The number of ether oxygens (including phenoxy) is 2. The summed E-state index contributed by atoms with van der Waals surface area (Å²) in [5, 5.41) is 5.00. The standard InChI is InChI=1S/C22H21ClN2O4/c1-4-28-21(26)18-19(22(27)29-5-2)24-25(17-8-6-7-14(3)13-17)20(18)15-9-11-16(23)12-10-15/h6-13H,4-5H2,1-3H3. The monoisotopic (exact) mass is 412 g/mol. The summed E-state index contributed by atoms with van der Waals surface area (Å²) >= 11 is 6.04. The maximum absolute atomic E-state index is 12.8. The number of rotatable bonds is 6. The maximum Gasteiger partial charge on any atom is 0.359 e. The number of hydrogen-bond acceptors (Lipinski definition) is 5. The van der Waals surface area contributed by atoms with E-state index in [1.165, 1.54) is 0 Å². The van der Waals surface area contributed by atoms with E-state index in [2.05, 4.69) is 5.10 Å². The number of benzene rings is 2. The van der Waals surface area contributed by atoms with Gasteiger partial charge in [-0.1, -0.05) is 35.9 Å². The van der Waals surface area contributed by atoms with Crippen molar-refractivity contribution in [2.24, 2.45) is 0 Å².